The summed E-state index contributed by atoms with van der Waals surface area (Å²) in [5.41, 5.74) is 0. The van der Waals surface area contributed by atoms with Crippen molar-refractivity contribution in [2.75, 3.05) is 0 Å². The van der Waals surface area contributed by atoms with Crippen LogP contribution in [0.1, 0.15) is 57.2 Å². The third-order valence-corrected chi connectivity index (χ3v) is 2.60. The van der Waals surface area contributed by atoms with Crippen LogP contribution in [-0.2, 0) is 11.2 Å². The van der Waals surface area contributed by atoms with Crippen LogP contribution in [0.25, 0.3) is 6.08 Å². The lowest BCUT2D eigenvalue weighted by Crippen LogP contribution is -1.86. The van der Waals surface area contributed by atoms with Crippen molar-refractivity contribution in [2.45, 2.75) is 51.9 Å². The minimum atomic E-state index is -1.02. The first-order valence-electron chi connectivity index (χ1n) is 6.45. The van der Waals surface area contributed by atoms with Gasteiger partial charge in [0.1, 0.15) is 0 Å². The first-order chi connectivity index (χ1) is 8.72. The van der Waals surface area contributed by atoms with Gasteiger partial charge in [-0.1, -0.05) is 39.0 Å². The predicted molar refractivity (Wildman–Crippen MR) is 68.0 cm³/mol. The van der Waals surface area contributed by atoms with Gasteiger partial charge in [-0.05, 0) is 6.42 Å². The summed E-state index contributed by atoms with van der Waals surface area (Å²) in [5.74, 6) is -0.195. The van der Waals surface area contributed by atoms with Crippen molar-refractivity contribution in [3.8, 4) is 0 Å². The van der Waals surface area contributed by atoms with Gasteiger partial charge in [-0.2, -0.15) is 0 Å². The normalized spacial score (nSPS) is 11.2. The Bertz CT molecular complexity index is 385. The number of hydrogen-bond donors (Lipinski definition) is 1. The summed E-state index contributed by atoms with van der Waals surface area (Å²) in [7, 11) is 0. The van der Waals surface area contributed by atoms with Crippen molar-refractivity contribution in [1.29, 1.82) is 0 Å². The molecule has 18 heavy (non-hydrogen) atoms. The highest BCUT2D eigenvalue weighted by molar-refractivity contribution is 5.84. The van der Waals surface area contributed by atoms with E-state index in [1.54, 1.807) is 0 Å². The zero-order valence-corrected chi connectivity index (χ0v) is 10.8. The molecule has 1 heterocycles. The van der Waals surface area contributed by atoms with E-state index in [1.807, 2.05) is 0 Å². The van der Waals surface area contributed by atoms with Gasteiger partial charge in [0.25, 0.3) is 0 Å². The highest BCUT2D eigenvalue weighted by Crippen LogP contribution is 2.09. The van der Waals surface area contributed by atoms with Gasteiger partial charge in [0.05, 0.1) is 0 Å². The Hall–Kier alpha value is -1.65. The van der Waals surface area contributed by atoms with Crippen LogP contribution in [0.4, 0.5) is 0 Å². The van der Waals surface area contributed by atoms with E-state index in [9.17, 15) is 4.79 Å². The fourth-order valence-corrected chi connectivity index (χ4v) is 1.63. The zero-order chi connectivity index (χ0) is 13.2. The van der Waals surface area contributed by atoms with Gasteiger partial charge in [-0.3, -0.25) is 0 Å². The van der Waals surface area contributed by atoms with E-state index in [0.29, 0.717) is 5.89 Å². The van der Waals surface area contributed by atoms with Gasteiger partial charge in [0, 0.05) is 18.6 Å². The molecular formula is C13H20N2O3. The second-order valence-corrected chi connectivity index (χ2v) is 4.22. The van der Waals surface area contributed by atoms with E-state index < -0.39 is 5.97 Å². The molecule has 1 aromatic heterocycles. The Morgan fingerprint density at radius 2 is 1.94 bits per heavy atom. The van der Waals surface area contributed by atoms with E-state index in [0.717, 1.165) is 18.9 Å². The maximum Gasteiger partial charge on any atom is 0.328 e. The number of aryl methyl sites for hydroxylation is 1. The minimum absolute atomic E-state index is 0.249. The summed E-state index contributed by atoms with van der Waals surface area (Å²) < 4.78 is 5.29. The predicted octanol–water partition coefficient (Wildman–Crippen LogP) is 3.07. The molecule has 0 radical (unpaired) electrons. The topological polar surface area (TPSA) is 76.2 Å². The molecule has 0 saturated heterocycles. The van der Waals surface area contributed by atoms with Gasteiger partial charge in [-0.15, -0.1) is 10.2 Å². The number of hydrogen-bond acceptors (Lipinski definition) is 4. The Morgan fingerprint density at radius 1 is 1.22 bits per heavy atom. The van der Waals surface area contributed by atoms with Crippen LogP contribution < -0.4 is 0 Å². The average molecular weight is 252 g/mol. The first kappa shape index (κ1) is 14.4. The monoisotopic (exact) mass is 252 g/mol. The molecule has 0 atom stereocenters. The van der Waals surface area contributed by atoms with E-state index in [4.69, 9.17) is 9.52 Å². The largest absolute Gasteiger partial charge is 0.478 e. The summed E-state index contributed by atoms with van der Waals surface area (Å²) in [6.07, 6.45) is 10.3. The highest BCUT2D eigenvalue weighted by Gasteiger charge is 2.03. The molecule has 0 aliphatic rings. The van der Waals surface area contributed by atoms with Crippen LogP contribution in [0.2, 0.25) is 0 Å². The number of nitrogens with zero attached hydrogens (tertiary/aromatic N) is 2. The van der Waals surface area contributed by atoms with Crippen molar-refractivity contribution < 1.29 is 14.3 Å². The van der Waals surface area contributed by atoms with Crippen LogP contribution in [0.5, 0.6) is 0 Å². The molecule has 0 saturated carbocycles. The third-order valence-electron chi connectivity index (χ3n) is 2.60. The number of carboxylic acid groups (broad SMARTS) is 1. The number of aliphatic carboxylic acids is 1. The summed E-state index contributed by atoms with van der Waals surface area (Å²) in [6, 6.07) is 0. The quantitative estimate of drug-likeness (QED) is 0.540. The number of unbranched alkanes of at least 4 members (excludes halogenated alkanes) is 5. The Morgan fingerprint density at radius 3 is 2.67 bits per heavy atom. The van der Waals surface area contributed by atoms with Crippen LogP contribution in [0.3, 0.4) is 0 Å². The lowest BCUT2D eigenvalue weighted by Gasteiger charge is -1.97. The molecule has 1 rings (SSSR count). The van der Waals surface area contributed by atoms with Crippen molar-refractivity contribution in [3.63, 3.8) is 0 Å². The van der Waals surface area contributed by atoms with Gasteiger partial charge in [0.2, 0.25) is 11.8 Å². The SMILES string of the molecule is CCCCCCCCc1nnc(/C=C/C(=O)O)o1. The maximum absolute atomic E-state index is 10.3. The van der Waals surface area contributed by atoms with Crippen molar-refractivity contribution in [1.82, 2.24) is 10.2 Å². The molecule has 0 amide bonds. The summed E-state index contributed by atoms with van der Waals surface area (Å²) >= 11 is 0. The van der Waals surface area contributed by atoms with Crippen molar-refractivity contribution >= 4 is 12.0 Å². The fraction of sp³-hybridized carbons (Fsp3) is 0.615. The molecule has 0 unspecified atom stereocenters. The molecule has 5 nitrogen and oxygen atoms in total. The third kappa shape index (κ3) is 6.18. The molecule has 1 aromatic rings. The van der Waals surface area contributed by atoms with Gasteiger partial charge >= 0.3 is 5.97 Å². The Labute approximate surface area is 107 Å². The standard InChI is InChI=1S/C13H20N2O3/c1-2-3-4-5-6-7-8-11-14-15-12(18-11)9-10-13(16)17/h9-10H,2-8H2,1H3,(H,16,17)/b10-9+. The number of rotatable bonds is 9. The van der Waals surface area contributed by atoms with Crippen LogP contribution in [0, 0.1) is 0 Å². The van der Waals surface area contributed by atoms with Gasteiger partial charge in [-0.25, -0.2) is 4.79 Å². The molecule has 0 bridgehead atoms. The molecule has 5 heteroatoms. The van der Waals surface area contributed by atoms with Crippen molar-refractivity contribution in [3.05, 3.63) is 17.9 Å². The molecule has 0 aliphatic heterocycles. The smallest absolute Gasteiger partial charge is 0.328 e. The molecule has 1 N–H and O–H groups in total. The van der Waals surface area contributed by atoms with Crippen LogP contribution in [0.15, 0.2) is 10.5 Å². The van der Waals surface area contributed by atoms with Gasteiger partial charge in [0.15, 0.2) is 0 Å². The Balaban J connectivity index is 2.21. The molecule has 0 fully saturated rings. The summed E-state index contributed by atoms with van der Waals surface area (Å²) in [4.78, 5) is 10.3. The lowest BCUT2D eigenvalue weighted by molar-refractivity contribution is -0.131. The number of aromatic nitrogens is 2. The second kappa shape index (κ2) is 8.44. The highest BCUT2D eigenvalue weighted by atomic mass is 16.4. The molecule has 0 aromatic carbocycles. The van der Waals surface area contributed by atoms with Crippen LogP contribution in [-0.4, -0.2) is 21.3 Å². The lowest BCUT2D eigenvalue weighted by atomic mass is 10.1. The zero-order valence-electron chi connectivity index (χ0n) is 10.8. The second-order valence-electron chi connectivity index (χ2n) is 4.22. The Kier molecular flexibility index (Phi) is 6.76. The summed E-state index contributed by atoms with van der Waals surface area (Å²) in [6.45, 7) is 2.20. The van der Waals surface area contributed by atoms with E-state index >= 15 is 0 Å². The van der Waals surface area contributed by atoms with Crippen molar-refractivity contribution in [2.24, 2.45) is 0 Å². The minimum Gasteiger partial charge on any atom is -0.478 e. The van der Waals surface area contributed by atoms with E-state index in [2.05, 4.69) is 17.1 Å². The fourth-order valence-electron chi connectivity index (χ4n) is 1.63. The maximum atomic E-state index is 10.3. The summed E-state index contributed by atoms with van der Waals surface area (Å²) in [5, 5.41) is 16.1. The molecule has 0 aliphatic carbocycles. The van der Waals surface area contributed by atoms with Crippen LogP contribution >= 0.6 is 0 Å². The average Bonchev–Trinajstić information content (AvgIpc) is 2.79. The number of carboxylic acids is 1. The number of carbonyl (C=O) groups is 1. The molecular weight excluding hydrogens is 232 g/mol. The van der Waals surface area contributed by atoms with E-state index in [1.165, 1.54) is 38.2 Å². The molecule has 0 spiro atoms. The first-order valence-corrected chi connectivity index (χ1v) is 6.45. The molecule has 100 valence electrons. The van der Waals surface area contributed by atoms with Gasteiger partial charge < -0.3 is 9.52 Å². The van der Waals surface area contributed by atoms with E-state index in [-0.39, 0.29) is 5.89 Å².